The summed E-state index contributed by atoms with van der Waals surface area (Å²) >= 11 is 0. The normalized spacial score (nSPS) is 19.6. The first-order valence-corrected chi connectivity index (χ1v) is 5.72. The van der Waals surface area contributed by atoms with Gasteiger partial charge in [-0.3, -0.25) is 4.40 Å². The van der Waals surface area contributed by atoms with Gasteiger partial charge in [0.15, 0.2) is 5.65 Å². The third-order valence-electron chi connectivity index (χ3n) is 3.04. The summed E-state index contributed by atoms with van der Waals surface area (Å²) in [7, 11) is 0. The summed E-state index contributed by atoms with van der Waals surface area (Å²) in [4.78, 5) is 0. The molecule has 5 heteroatoms. The lowest BCUT2D eigenvalue weighted by Gasteiger charge is -2.07. The summed E-state index contributed by atoms with van der Waals surface area (Å²) in [6.07, 6.45) is 4.97. The first-order valence-electron chi connectivity index (χ1n) is 5.72. The molecule has 1 aliphatic rings. The summed E-state index contributed by atoms with van der Waals surface area (Å²) in [5, 5.41) is 17.1. The highest BCUT2D eigenvalue weighted by molar-refractivity contribution is 5.42. The molecule has 0 radical (unpaired) electrons. The number of aromatic nitrogens is 3. The minimum Gasteiger partial charge on any atom is -0.378 e. The number of nitriles is 1. The van der Waals surface area contributed by atoms with Crippen LogP contribution in [0.25, 0.3) is 5.65 Å². The van der Waals surface area contributed by atoms with Gasteiger partial charge in [0, 0.05) is 19.2 Å². The van der Waals surface area contributed by atoms with Crippen molar-refractivity contribution in [3.8, 4) is 6.07 Å². The highest BCUT2D eigenvalue weighted by Crippen LogP contribution is 2.17. The second kappa shape index (κ2) is 4.15. The van der Waals surface area contributed by atoms with Crippen molar-refractivity contribution in [1.29, 1.82) is 5.26 Å². The number of hydrogen-bond acceptors (Lipinski definition) is 4. The van der Waals surface area contributed by atoms with E-state index in [0.29, 0.717) is 5.56 Å². The van der Waals surface area contributed by atoms with Crippen LogP contribution in [0.5, 0.6) is 0 Å². The molecule has 2 aromatic rings. The average Bonchev–Trinajstić information content (AvgIpc) is 2.99. The molecule has 17 heavy (non-hydrogen) atoms. The molecule has 0 N–H and O–H groups in total. The minimum atomic E-state index is 0.244. The molecule has 1 atom stereocenters. The zero-order valence-corrected chi connectivity index (χ0v) is 9.33. The molecule has 0 aromatic carbocycles. The monoisotopic (exact) mass is 228 g/mol. The molecule has 1 fully saturated rings. The Morgan fingerprint density at radius 1 is 1.47 bits per heavy atom. The van der Waals surface area contributed by atoms with Gasteiger partial charge >= 0.3 is 0 Å². The van der Waals surface area contributed by atoms with Gasteiger partial charge in [0.1, 0.15) is 11.9 Å². The Morgan fingerprint density at radius 3 is 3.18 bits per heavy atom. The van der Waals surface area contributed by atoms with Gasteiger partial charge in [0.25, 0.3) is 0 Å². The first-order chi connectivity index (χ1) is 8.36. The van der Waals surface area contributed by atoms with Gasteiger partial charge in [-0.15, -0.1) is 10.2 Å². The molecule has 1 unspecified atom stereocenters. The van der Waals surface area contributed by atoms with E-state index < -0.39 is 0 Å². The van der Waals surface area contributed by atoms with E-state index in [1.165, 1.54) is 0 Å². The second-order valence-electron chi connectivity index (χ2n) is 4.21. The van der Waals surface area contributed by atoms with E-state index in [4.69, 9.17) is 10.00 Å². The van der Waals surface area contributed by atoms with Crippen LogP contribution >= 0.6 is 0 Å². The van der Waals surface area contributed by atoms with E-state index in [1.807, 2.05) is 10.5 Å². The minimum absolute atomic E-state index is 0.244. The van der Waals surface area contributed by atoms with Crippen molar-refractivity contribution in [2.45, 2.75) is 25.4 Å². The maximum Gasteiger partial charge on any atom is 0.160 e. The van der Waals surface area contributed by atoms with E-state index in [9.17, 15) is 0 Å². The van der Waals surface area contributed by atoms with Crippen LogP contribution in [0.1, 0.15) is 24.2 Å². The fraction of sp³-hybridized carbons (Fsp3) is 0.417. The predicted octanol–water partition coefficient (Wildman–Crippen LogP) is 1.32. The summed E-state index contributed by atoms with van der Waals surface area (Å²) < 4.78 is 7.46. The van der Waals surface area contributed by atoms with Crippen LogP contribution in [-0.4, -0.2) is 27.3 Å². The highest BCUT2D eigenvalue weighted by Gasteiger charge is 2.18. The number of ether oxygens (including phenoxy) is 1. The molecule has 3 heterocycles. The number of rotatable bonds is 2. The van der Waals surface area contributed by atoms with Crippen LogP contribution in [0.2, 0.25) is 0 Å². The summed E-state index contributed by atoms with van der Waals surface area (Å²) in [5.74, 6) is 0.865. The third-order valence-corrected chi connectivity index (χ3v) is 3.04. The van der Waals surface area contributed by atoms with Gasteiger partial charge < -0.3 is 4.74 Å². The van der Waals surface area contributed by atoms with Crippen LogP contribution in [0.4, 0.5) is 0 Å². The maximum absolute atomic E-state index is 8.88. The predicted molar refractivity (Wildman–Crippen MR) is 60.4 cm³/mol. The van der Waals surface area contributed by atoms with Crippen LogP contribution in [0.15, 0.2) is 18.3 Å². The molecule has 5 nitrogen and oxygen atoms in total. The number of hydrogen-bond donors (Lipinski definition) is 0. The summed E-state index contributed by atoms with van der Waals surface area (Å²) in [6.45, 7) is 0.838. The maximum atomic E-state index is 8.88. The smallest absolute Gasteiger partial charge is 0.160 e. The molecule has 0 aliphatic carbocycles. The third kappa shape index (κ3) is 1.87. The highest BCUT2D eigenvalue weighted by atomic mass is 16.5. The molecule has 1 aliphatic heterocycles. The Bertz CT molecular complexity index is 578. The molecule has 3 rings (SSSR count). The summed E-state index contributed by atoms with van der Waals surface area (Å²) in [5.41, 5.74) is 1.39. The van der Waals surface area contributed by atoms with E-state index in [0.717, 1.165) is 37.3 Å². The van der Waals surface area contributed by atoms with Crippen molar-refractivity contribution in [2.24, 2.45) is 0 Å². The number of nitrogens with zero attached hydrogens (tertiary/aromatic N) is 4. The molecular weight excluding hydrogens is 216 g/mol. The van der Waals surface area contributed by atoms with Crippen molar-refractivity contribution >= 4 is 5.65 Å². The van der Waals surface area contributed by atoms with Crippen molar-refractivity contribution in [3.05, 3.63) is 29.7 Å². The Balaban J connectivity index is 1.95. The van der Waals surface area contributed by atoms with Gasteiger partial charge in [0.05, 0.1) is 11.7 Å². The lowest BCUT2D eigenvalue weighted by Crippen LogP contribution is -2.11. The zero-order chi connectivity index (χ0) is 11.7. The Kier molecular flexibility index (Phi) is 2.50. The van der Waals surface area contributed by atoms with E-state index in [-0.39, 0.29) is 6.10 Å². The van der Waals surface area contributed by atoms with Crippen molar-refractivity contribution in [1.82, 2.24) is 14.6 Å². The fourth-order valence-corrected chi connectivity index (χ4v) is 2.15. The van der Waals surface area contributed by atoms with Gasteiger partial charge in [0.2, 0.25) is 0 Å². The molecular formula is C12H12N4O. The quantitative estimate of drug-likeness (QED) is 0.777. The van der Waals surface area contributed by atoms with Gasteiger partial charge in [-0.05, 0) is 25.0 Å². The van der Waals surface area contributed by atoms with E-state index in [1.54, 1.807) is 12.3 Å². The lowest BCUT2D eigenvalue weighted by atomic mass is 10.2. The van der Waals surface area contributed by atoms with E-state index in [2.05, 4.69) is 16.3 Å². The van der Waals surface area contributed by atoms with Crippen LogP contribution in [0, 0.1) is 11.3 Å². The Labute approximate surface area is 98.6 Å². The average molecular weight is 228 g/mol. The molecule has 0 spiro atoms. The Morgan fingerprint density at radius 2 is 2.41 bits per heavy atom. The van der Waals surface area contributed by atoms with Gasteiger partial charge in [-0.25, -0.2) is 0 Å². The topological polar surface area (TPSA) is 63.2 Å². The second-order valence-corrected chi connectivity index (χ2v) is 4.21. The van der Waals surface area contributed by atoms with Crippen molar-refractivity contribution in [3.63, 3.8) is 0 Å². The van der Waals surface area contributed by atoms with Crippen LogP contribution < -0.4 is 0 Å². The van der Waals surface area contributed by atoms with Crippen molar-refractivity contribution in [2.75, 3.05) is 6.61 Å². The zero-order valence-electron chi connectivity index (χ0n) is 9.33. The standard InChI is InChI=1S/C12H12N4O/c13-7-9-3-4-11-14-15-12(16(11)8-9)6-10-2-1-5-17-10/h3-4,8,10H,1-2,5-6H2. The largest absolute Gasteiger partial charge is 0.378 e. The number of fused-ring (bicyclic) bond motifs is 1. The summed E-state index contributed by atoms with van der Waals surface area (Å²) in [6, 6.07) is 5.68. The molecule has 0 saturated carbocycles. The molecule has 1 saturated heterocycles. The SMILES string of the molecule is N#Cc1ccc2nnc(CC3CCCO3)n2c1. The van der Waals surface area contributed by atoms with Gasteiger partial charge in [-0.2, -0.15) is 5.26 Å². The Hall–Kier alpha value is -1.93. The van der Waals surface area contributed by atoms with Crippen LogP contribution in [-0.2, 0) is 11.2 Å². The molecule has 86 valence electrons. The number of pyridine rings is 1. The van der Waals surface area contributed by atoms with Gasteiger partial charge in [-0.1, -0.05) is 0 Å². The first kappa shape index (κ1) is 10.2. The molecule has 0 bridgehead atoms. The fourth-order valence-electron chi connectivity index (χ4n) is 2.15. The molecule has 2 aromatic heterocycles. The lowest BCUT2D eigenvalue weighted by molar-refractivity contribution is 0.109. The molecule has 0 amide bonds. The van der Waals surface area contributed by atoms with Crippen LogP contribution in [0.3, 0.4) is 0 Å². The van der Waals surface area contributed by atoms with Crippen molar-refractivity contribution < 1.29 is 4.74 Å². The van der Waals surface area contributed by atoms with E-state index >= 15 is 0 Å².